The van der Waals surface area contributed by atoms with E-state index in [0.29, 0.717) is 24.7 Å². The lowest BCUT2D eigenvalue weighted by molar-refractivity contribution is 0.0397. The lowest BCUT2D eigenvalue weighted by Gasteiger charge is -2.41. The van der Waals surface area contributed by atoms with Gasteiger partial charge in [0.15, 0.2) is 0 Å². The summed E-state index contributed by atoms with van der Waals surface area (Å²) in [6.45, 7) is 10.8. The van der Waals surface area contributed by atoms with Gasteiger partial charge in [-0.25, -0.2) is 9.78 Å². The lowest BCUT2D eigenvalue weighted by Crippen LogP contribution is -2.51. The number of nitrogens with one attached hydrogen (secondary N) is 1. The summed E-state index contributed by atoms with van der Waals surface area (Å²) in [6, 6.07) is 0.127. The summed E-state index contributed by atoms with van der Waals surface area (Å²) >= 11 is 0. The Morgan fingerprint density at radius 3 is 2.64 bits per heavy atom. The Morgan fingerprint density at radius 2 is 2.04 bits per heavy atom. The molecule has 0 aromatic carbocycles. The topological polar surface area (TPSA) is 84.4 Å². The molecule has 2 heterocycles. The van der Waals surface area contributed by atoms with Crippen LogP contribution in [0.3, 0.4) is 0 Å². The van der Waals surface area contributed by atoms with Gasteiger partial charge in [0.25, 0.3) is 5.91 Å². The van der Waals surface area contributed by atoms with Crippen LogP contribution in [0.2, 0.25) is 0 Å². The quantitative estimate of drug-likeness (QED) is 0.907. The number of alkyl carbamates (subject to hydrolysis) is 1. The number of nitrogens with zero attached hydrogens (tertiary/aromatic N) is 3. The zero-order valence-corrected chi connectivity index (χ0v) is 15.7. The van der Waals surface area contributed by atoms with Crippen LogP contribution < -0.4 is 5.32 Å². The Morgan fingerprint density at radius 1 is 1.32 bits per heavy atom. The van der Waals surface area contributed by atoms with Gasteiger partial charge in [-0.15, -0.1) is 0 Å². The Kier molecular flexibility index (Phi) is 5.98. The monoisotopic (exact) mass is 348 g/mol. The molecule has 1 fully saturated rings. The van der Waals surface area contributed by atoms with E-state index in [-0.39, 0.29) is 17.9 Å². The summed E-state index contributed by atoms with van der Waals surface area (Å²) in [5, 5.41) is 2.83. The van der Waals surface area contributed by atoms with Crippen molar-refractivity contribution >= 4 is 12.0 Å². The second-order valence-electron chi connectivity index (χ2n) is 7.75. The van der Waals surface area contributed by atoms with Crippen molar-refractivity contribution in [3.8, 4) is 0 Å². The summed E-state index contributed by atoms with van der Waals surface area (Å²) in [6.07, 6.45) is 5.01. The standard InChI is InChI=1S/C18H28N4O3/c1-12-8-13(2)22(16(23)15-10-19-6-7-20-15)11-14(12)9-21-17(24)25-18(3,4)5/h6-7,10,12-14H,8-9,11H2,1-5H3,(H,21,24)/t12-,13+,14+/m1/s1. The average molecular weight is 348 g/mol. The maximum atomic E-state index is 12.7. The predicted octanol–water partition coefficient (Wildman–Crippen LogP) is 2.49. The molecule has 0 unspecified atom stereocenters. The van der Waals surface area contributed by atoms with Crippen molar-refractivity contribution in [3.05, 3.63) is 24.3 Å². The van der Waals surface area contributed by atoms with Gasteiger partial charge in [0.1, 0.15) is 11.3 Å². The number of hydrogen-bond acceptors (Lipinski definition) is 5. The van der Waals surface area contributed by atoms with Crippen LogP contribution in [0.5, 0.6) is 0 Å². The van der Waals surface area contributed by atoms with Crippen LogP contribution in [0.1, 0.15) is 51.5 Å². The van der Waals surface area contributed by atoms with Crippen LogP contribution >= 0.6 is 0 Å². The molecule has 7 nitrogen and oxygen atoms in total. The Bertz CT molecular complexity index is 600. The first kappa shape index (κ1) is 19.1. The molecule has 138 valence electrons. The van der Waals surface area contributed by atoms with E-state index in [1.807, 2.05) is 32.6 Å². The van der Waals surface area contributed by atoms with Gasteiger partial charge < -0.3 is 15.0 Å². The highest BCUT2D eigenvalue weighted by molar-refractivity contribution is 5.92. The van der Waals surface area contributed by atoms with Crippen LogP contribution in [-0.4, -0.2) is 51.6 Å². The minimum Gasteiger partial charge on any atom is -0.444 e. The molecule has 1 aliphatic rings. The van der Waals surface area contributed by atoms with Crippen LogP contribution in [0.15, 0.2) is 18.6 Å². The fraction of sp³-hybridized carbons (Fsp3) is 0.667. The van der Waals surface area contributed by atoms with Gasteiger partial charge in [0.2, 0.25) is 0 Å². The van der Waals surface area contributed by atoms with Gasteiger partial charge in [-0.2, -0.15) is 0 Å². The minimum atomic E-state index is -0.523. The van der Waals surface area contributed by atoms with Gasteiger partial charge in [0.05, 0.1) is 6.20 Å². The Hall–Kier alpha value is -2.18. The highest BCUT2D eigenvalue weighted by Crippen LogP contribution is 2.28. The van der Waals surface area contributed by atoms with E-state index in [9.17, 15) is 9.59 Å². The zero-order chi connectivity index (χ0) is 18.6. The molecule has 7 heteroatoms. The van der Waals surface area contributed by atoms with Crippen LogP contribution in [0, 0.1) is 11.8 Å². The molecule has 0 spiro atoms. The fourth-order valence-corrected chi connectivity index (χ4v) is 3.10. The molecule has 25 heavy (non-hydrogen) atoms. The van der Waals surface area contributed by atoms with Gasteiger partial charge in [-0.3, -0.25) is 9.78 Å². The Balaban J connectivity index is 1.98. The maximum Gasteiger partial charge on any atom is 0.407 e. The van der Waals surface area contributed by atoms with Crippen molar-refractivity contribution in [2.75, 3.05) is 13.1 Å². The minimum absolute atomic E-state index is 0.116. The van der Waals surface area contributed by atoms with E-state index in [0.717, 1.165) is 6.42 Å². The fourth-order valence-electron chi connectivity index (χ4n) is 3.10. The van der Waals surface area contributed by atoms with Crippen LogP contribution in [-0.2, 0) is 4.74 Å². The van der Waals surface area contributed by atoms with Crippen molar-refractivity contribution in [2.24, 2.45) is 11.8 Å². The zero-order valence-electron chi connectivity index (χ0n) is 15.7. The van der Waals surface area contributed by atoms with Gasteiger partial charge in [-0.1, -0.05) is 6.92 Å². The average Bonchev–Trinajstić information content (AvgIpc) is 2.52. The summed E-state index contributed by atoms with van der Waals surface area (Å²) in [5.41, 5.74) is -0.173. The number of hydrogen-bond donors (Lipinski definition) is 1. The second kappa shape index (κ2) is 7.80. The van der Waals surface area contributed by atoms with Gasteiger partial charge in [0, 0.05) is 31.5 Å². The third-order valence-corrected chi connectivity index (χ3v) is 4.43. The van der Waals surface area contributed by atoms with Crippen molar-refractivity contribution in [1.82, 2.24) is 20.2 Å². The number of carbonyl (C=O) groups excluding carboxylic acids is 2. The molecular formula is C18H28N4O3. The third-order valence-electron chi connectivity index (χ3n) is 4.43. The normalized spacial score (nSPS) is 23.9. The molecular weight excluding hydrogens is 320 g/mol. The third kappa shape index (κ3) is 5.41. The first-order valence-electron chi connectivity index (χ1n) is 8.71. The molecule has 1 saturated heterocycles. The second-order valence-corrected chi connectivity index (χ2v) is 7.75. The highest BCUT2D eigenvalue weighted by atomic mass is 16.6. The molecule has 0 bridgehead atoms. The van der Waals surface area contributed by atoms with E-state index < -0.39 is 11.7 Å². The van der Waals surface area contributed by atoms with Crippen molar-refractivity contribution in [2.45, 2.75) is 52.7 Å². The van der Waals surface area contributed by atoms with E-state index in [1.54, 1.807) is 6.20 Å². The summed E-state index contributed by atoms with van der Waals surface area (Å²) < 4.78 is 5.28. The number of carbonyl (C=O) groups is 2. The first-order valence-corrected chi connectivity index (χ1v) is 8.71. The summed E-state index contributed by atoms with van der Waals surface area (Å²) in [4.78, 5) is 34.5. The maximum absolute atomic E-state index is 12.7. The number of rotatable bonds is 3. The SMILES string of the molecule is C[C@@H]1C[C@H](C)N(C(=O)c2cnccn2)C[C@@H]1CNC(=O)OC(C)(C)C. The predicted molar refractivity (Wildman–Crippen MR) is 94.0 cm³/mol. The van der Waals surface area contributed by atoms with E-state index >= 15 is 0 Å². The number of likely N-dealkylation sites (tertiary alicyclic amines) is 1. The van der Waals surface area contributed by atoms with E-state index in [2.05, 4.69) is 22.2 Å². The number of piperidine rings is 1. The molecule has 0 saturated carbocycles. The first-order chi connectivity index (χ1) is 11.7. The number of ether oxygens (including phenoxy) is 1. The van der Waals surface area contributed by atoms with Crippen molar-refractivity contribution in [1.29, 1.82) is 0 Å². The lowest BCUT2D eigenvalue weighted by atomic mass is 9.83. The largest absolute Gasteiger partial charge is 0.444 e. The summed E-state index contributed by atoms with van der Waals surface area (Å²) in [7, 11) is 0. The molecule has 1 N–H and O–H groups in total. The number of aromatic nitrogens is 2. The van der Waals surface area contributed by atoms with Gasteiger partial charge in [-0.05, 0) is 46.0 Å². The van der Waals surface area contributed by atoms with Crippen molar-refractivity contribution < 1.29 is 14.3 Å². The highest BCUT2D eigenvalue weighted by Gasteiger charge is 2.34. The van der Waals surface area contributed by atoms with Crippen LogP contribution in [0.4, 0.5) is 4.79 Å². The molecule has 1 aliphatic heterocycles. The molecule has 2 rings (SSSR count). The van der Waals surface area contributed by atoms with Crippen molar-refractivity contribution in [3.63, 3.8) is 0 Å². The molecule has 3 atom stereocenters. The molecule has 1 aromatic heterocycles. The molecule has 0 radical (unpaired) electrons. The Labute approximate surface area is 149 Å². The molecule has 0 aliphatic carbocycles. The molecule has 2 amide bonds. The van der Waals surface area contributed by atoms with E-state index in [1.165, 1.54) is 12.4 Å². The van der Waals surface area contributed by atoms with Gasteiger partial charge >= 0.3 is 6.09 Å². The summed E-state index contributed by atoms with van der Waals surface area (Å²) in [5.74, 6) is 0.454. The number of amides is 2. The molecule has 1 aromatic rings. The smallest absolute Gasteiger partial charge is 0.407 e. The van der Waals surface area contributed by atoms with E-state index in [4.69, 9.17) is 4.74 Å². The van der Waals surface area contributed by atoms with Crippen LogP contribution in [0.25, 0.3) is 0 Å².